The highest BCUT2D eigenvalue weighted by Gasteiger charge is 2.05. The first-order chi connectivity index (χ1) is 5.88. The van der Waals surface area contributed by atoms with Crippen LogP contribution in [0.25, 0.3) is 5.57 Å². The minimum absolute atomic E-state index is 1.12. The Bertz CT molecular complexity index is 328. The fourth-order valence-corrected chi connectivity index (χ4v) is 1.57. The van der Waals surface area contributed by atoms with Crippen LogP contribution in [-0.4, -0.2) is 0 Å². The molecule has 0 nitrogen and oxygen atoms in total. The third kappa shape index (κ3) is 1.20. The van der Waals surface area contributed by atoms with Gasteiger partial charge in [0.05, 0.1) is 0 Å². The van der Waals surface area contributed by atoms with Crippen LogP contribution in [0.3, 0.4) is 0 Å². The van der Waals surface area contributed by atoms with Crippen molar-refractivity contribution in [1.82, 2.24) is 0 Å². The largest absolute Gasteiger partial charge is 0.0798 e. The van der Waals surface area contributed by atoms with Crippen LogP contribution in [0.15, 0.2) is 48.1 Å². The van der Waals surface area contributed by atoms with E-state index in [1.807, 2.05) is 0 Å². The van der Waals surface area contributed by atoms with Gasteiger partial charge in [0.2, 0.25) is 0 Å². The van der Waals surface area contributed by atoms with Gasteiger partial charge in [-0.3, -0.25) is 0 Å². The predicted octanol–water partition coefficient (Wildman–Crippen LogP) is 3.42. The van der Waals surface area contributed by atoms with Crippen molar-refractivity contribution < 1.29 is 0 Å². The highest BCUT2D eigenvalue weighted by Crippen LogP contribution is 2.26. The van der Waals surface area contributed by atoms with E-state index < -0.39 is 0 Å². The van der Waals surface area contributed by atoms with E-state index in [2.05, 4.69) is 49.4 Å². The fourth-order valence-electron chi connectivity index (χ4n) is 1.57. The van der Waals surface area contributed by atoms with E-state index in [0.29, 0.717) is 0 Å². The molecule has 0 atom stereocenters. The minimum atomic E-state index is 1.12. The molecule has 0 heterocycles. The monoisotopic (exact) mass is 156 g/mol. The molecule has 1 aromatic carbocycles. The van der Waals surface area contributed by atoms with Crippen LogP contribution in [0.2, 0.25) is 0 Å². The van der Waals surface area contributed by atoms with E-state index >= 15 is 0 Å². The molecule has 1 aliphatic rings. The molecule has 1 aromatic rings. The molecule has 2 rings (SSSR count). The molecule has 0 bridgehead atoms. The van der Waals surface area contributed by atoms with Crippen LogP contribution in [0.5, 0.6) is 0 Å². The number of hydrogen-bond donors (Lipinski definition) is 0. The Morgan fingerprint density at radius 3 is 2.42 bits per heavy atom. The van der Waals surface area contributed by atoms with Gasteiger partial charge in [0.15, 0.2) is 0 Å². The zero-order valence-electron chi connectivity index (χ0n) is 7.25. The van der Waals surface area contributed by atoms with Gasteiger partial charge in [0.1, 0.15) is 0 Å². The molecule has 60 valence electrons. The maximum absolute atomic E-state index is 2.22. The summed E-state index contributed by atoms with van der Waals surface area (Å²) in [5, 5.41) is 0. The van der Waals surface area contributed by atoms with Crippen molar-refractivity contribution in [3.05, 3.63) is 53.6 Å². The molecule has 0 spiro atoms. The molecular weight excluding hydrogens is 144 g/mol. The van der Waals surface area contributed by atoms with Gasteiger partial charge < -0.3 is 0 Å². The molecule has 0 saturated carbocycles. The first-order valence-corrected chi connectivity index (χ1v) is 4.29. The van der Waals surface area contributed by atoms with Crippen molar-refractivity contribution in [2.75, 3.05) is 0 Å². The summed E-state index contributed by atoms with van der Waals surface area (Å²) in [6.07, 6.45) is 5.55. The summed E-state index contributed by atoms with van der Waals surface area (Å²) in [5.74, 6) is 0. The molecule has 0 radical (unpaired) electrons. The Labute approximate surface area is 73.2 Å². The van der Waals surface area contributed by atoms with Crippen LogP contribution < -0.4 is 0 Å². The molecule has 0 fully saturated rings. The third-order valence-electron chi connectivity index (χ3n) is 2.25. The molecule has 0 aliphatic heterocycles. The Hall–Kier alpha value is -1.30. The molecular formula is C12H12. The zero-order chi connectivity index (χ0) is 8.39. The van der Waals surface area contributed by atoms with Gasteiger partial charge in [0.25, 0.3) is 0 Å². The Morgan fingerprint density at radius 1 is 1.08 bits per heavy atom. The number of allylic oxidation sites excluding steroid dienone is 4. The average molecular weight is 156 g/mol. The summed E-state index contributed by atoms with van der Waals surface area (Å²) in [6.45, 7) is 2.20. The second kappa shape index (κ2) is 2.98. The minimum Gasteiger partial charge on any atom is -0.0798 e. The Kier molecular flexibility index (Phi) is 1.83. The lowest BCUT2D eigenvalue weighted by molar-refractivity contribution is 1.26. The molecule has 12 heavy (non-hydrogen) atoms. The van der Waals surface area contributed by atoms with Gasteiger partial charge in [-0.05, 0) is 24.5 Å². The highest BCUT2D eigenvalue weighted by molar-refractivity contribution is 5.78. The van der Waals surface area contributed by atoms with Gasteiger partial charge >= 0.3 is 0 Å². The predicted molar refractivity (Wildman–Crippen MR) is 52.8 cm³/mol. The summed E-state index contributed by atoms with van der Waals surface area (Å²) < 4.78 is 0. The van der Waals surface area contributed by atoms with E-state index in [4.69, 9.17) is 0 Å². The van der Waals surface area contributed by atoms with E-state index in [0.717, 1.165) is 6.42 Å². The molecule has 1 aliphatic carbocycles. The lowest BCUT2D eigenvalue weighted by Gasteiger charge is -2.01. The molecule has 0 aromatic heterocycles. The Balaban J connectivity index is 2.44. The van der Waals surface area contributed by atoms with Crippen molar-refractivity contribution in [3.8, 4) is 0 Å². The maximum atomic E-state index is 2.22. The maximum Gasteiger partial charge on any atom is -0.0129 e. The van der Waals surface area contributed by atoms with Crippen LogP contribution in [0.4, 0.5) is 0 Å². The topological polar surface area (TPSA) is 0 Å². The summed E-state index contributed by atoms with van der Waals surface area (Å²) in [6, 6.07) is 10.5. The van der Waals surface area contributed by atoms with E-state index in [1.165, 1.54) is 16.7 Å². The van der Waals surface area contributed by atoms with Crippen molar-refractivity contribution in [2.24, 2.45) is 0 Å². The van der Waals surface area contributed by atoms with Gasteiger partial charge in [-0.15, -0.1) is 0 Å². The van der Waals surface area contributed by atoms with E-state index in [1.54, 1.807) is 0 Å². The Morgan fingerprint density at radius 2 is 1.83 bits per heavy atom. The summed E-state index contributed by atoms with van der Waals surface area (Å²) >= 11 is 0. The molecule has 0 unspecified atom stereocenters. The first-order valence-electron chi connectivity index (χ1n) is 4.29. The molecule has 0 N–H and O–H groups in total. The van der Waals surface area contributed by atoms with Gasteiger partial charge in [0, 0.05) is 0 Å². The smallest absolute Gasteiger partial charge is 0.0129 e. The lowest BCUT2D eigenvalue weighted by atomic mass is 10.0. The second-order valence-corrected chi connectivity index (χ2v) is 3.17. The van der Waals surface area contributed by atoms with Crippen molar-refractivity contribution in [3.63, 3.8) is 0 Å². The zero-order valence-corrected chi connectivity index (χ0v) is 7.25. The van der Waals surface area contributed by atoms with Gasteiger partial charge in [-0.2, -0.15) is 0 Å². The number of rotatable bonds is 1. The van der Waals surface area contributed by atoms with Crippen molar-refractivity contribution in [1.29, 1.82) is 0 Å². The van der Waals surface area contributed by atoms with Crippen LogP contribution in [-0.2, 0) is 0 Å². The highest BCUT2D eigenvalue weighted by atomic mass is 14.1. The van der Waals surface area contributed by atoms with Crippen molar-refractivity contribution in [2.45, 2.75) is 13.3 Å². The van der Waals surface area contributed by atoms with E-state index in [9.17, 15) is 0 Å². The molecule has 0 heteroatoms. The summed E-state index contributed by atoms with van der Waals surface area (Å²) in [7, 11) is 0. The average Bonchev–Trinajstić information content (AvgIpc) is 2.53. The molecule has 0 amide bonds. The fraction of sp³-hybridized carbons (Fsp3) is 0.167. The van der Waals surface area contributed by atoms with Crippen LogP contribution in [0, 0.1) is 0 Å². The number of hydrogen-bond acceptors (Lipinski definition) is 0. The van der Waals surface area contributed by atoms with Crippen LogP contribution >= 0.6 is 0 Å². The van der Waals surface area contributed by atoms with Gasteiger partial charge in [-0.25, -0.2) is 0 Å². The van der Waals surface area contributed by atoms with Gasteiger partial charge in [-0.1, -0.05) is 48.1 Å². The first kappa shape index (κ1) is 7.35. The summed E-state index contributed by atoms with van der Waals surface area (Å²) in [4.78, 5) is 0. The van der Waals surface area contributed by atoms with Crippen LogP contribution in [0.1, 0.15) is 18.9 Å². The number of benzene rings is 1. The lowest BCUT2D eigenvalue weighted by Crippen LogP contribution is -1.79. The SMILES string of the molecule is CC1=C(c2ccccc2)C=CC1. The summed E-state index contributed by atoms with van der Waals surface area (Å²) in [5.41, 5.74) is 4.21. The molecule has 0 saturated heterocycles. The van der Waals surface area contributed by atoms with E-state index in [-0.39, 0.29) is 0 Å². The second-order valence-electron chi connectivity index (χ2n) is 3.17. The quantitative estimate of drug-likeness (QED) is 0.584. The van der Waals surface area contributed by atoms with Crippen molar-refractivity contribution >= 4 is 5.57 Å². The third-order valence-corrected chi connectivity index (χ3v) is 2.25. The normalized spacial score (nSPS) is 15.8. The standard InChI is InChI=1S/C12H12/c1-10-6-5-9-12(10)11-7-3-2-4-8-11/h2-5,7-9H,6H2,1H3.